The summed E-state index contributed by atoms with van der Waals surface area (Å²) in [5.41, 5.74) is 0.561. The van der Waals surface area contributed by atoms with Crippen molar-refractivity contribution in [2.75, 3.05) is 26.8 Å². The lowest BCUT2D eigenvalue weighted by Crippen LogP contribution is -2.52. The first kappa shape index (κ1) is 16.0. The van der Waals surface area contributed by atoms with Crippen LogP contribution >= 0.6 is 0 Å². The monoisotopic (exact) mass is 317 g/mol. The molecule has 0 saturated carbocycles. The van der Waals surface area contributed by atoms with Crippen molar-refractivity contribution in [3.05, 3.63) is 30.6 Å². The molecule has 1 aliphatic heterocycles. The molecule has 3 rings (SSSR count). The molecule has 1 amide bonds. The molecule has 6 heteroatoms. The molecule has 0 spiro atoms. The van der Waals surface area contributed by atoms with Crippen molar-refractivity contribution in [2.45, 2.75) is 31.4 Å². The molecule has 0 unspecified atom stereocenters. The van der Waals surface area contributed by atoms with E-state index in [0.717, 1.165) is 23.9 Å². The van der Waals surface area contributed by atoms with E-state index < -0.39 is 5.60 Å². The first-order valence-electron chi connectivity index (χ1n) is 7.95. The number of amides is 1. The predicted octanol–water partition coefficient (Wildman–Crippen LogP) is 1.60. The van der Waals surface area contributed by atoms with Gasteiger partial charge in [-0.15, -0.1) is 0 Å². The van der Waals surface area contributed by atoms with Crippen LogP contribution in [0.4, 0.5) is 0 Å². The van der Waals surface area contributed by atoms with Crippen LogP contribution in [0, 0.1) is 0 Å². The smallest absolute Gasteiger partial charge is 0.256 e. The number of fused-ring (bicyclic) bond motifs is 1. The van der Waals surface area contributed by atoms with Crippen LogP contribution in [0.3, 0.4) is 0 Å². The highest BCUT2D eigenvalue weighted by molar-refractivity contribution is 5.85. The van der Waals surface area contributed by atoms with Crippen molar-refractivity contribution in [3.63, 3.8) is 0 Å². The predicted molar refractivity (Wildman–Crippen MR) is 87.1 cm³/mol. The second-order valence-corrected chi connectivity index (χ2v) is 6.39. The van der Waals surface area contributed by atoms with Crippen molar-refractivity contribution in [1.29, 1.82) is 0 Å². The van der Waals surface area contributed by atoms with Gasteiger partial charge in [-0.2, -0.15) is 0 Å². The Hall–Kier alpha value is -1.92. The Morgan fingerprint density at radius 3 is 3.04 bits per heavy atom. The number of rotatable bonds is 4. The van der Waals surface area contributed by atoms with Gasteiger partial charge in [0.25, 0.3) is 5.91 Å². The molecule has 23 heavy (non-hydrogen) atoms. The van der Waals surface area contributed by atoms with Crippen molar-refractivity contribution in [2.24, 2.45) is 0 Å². The second-order valence-electron chi connectivity index (χ2n) is 6.39. The van der Waals surface area contributed by atoms with Gasteiger partial charge in [0.15, 0.2) is 5.60 Å². The van der Waals surface area contributed by atoms with E-state index >= 15 is 0 Å². The van der Waals surface area contributed by atoms with Crippen molar-refractivity contribution >= 4 is 16.9 Å². The largest absolute Gasteiger partial charge is 0.381 e. The summed E-state index contributed by atoms with van der Waals surface area (Å²) in [6.07, 6.45) is 3.75. The number of benzene rings is 1. The van der Waals surface area contributed by atoms with Gasteiger partial charge in [0.05, 0.1) is 30.0 Å². The quantitative estimate of drug-likeness (QED) is 0.930. The average Bonchev–Trinajstić information content (AvgIpc) is 2.98. The fourth-order valence-electron chi connectivity index (χ4n) is 3.32. The van der Waals surface area contributed by atoms with E-state index in [4.69, 9.17) is 4.74 Å². The van der Waals surface area contributed by atoms with Gasteiger partial charge in [-0.3, -0.25) is 4.79 Å². The lowest BCUT2D eigenvalue weighted by Gasteiger charge is -2.37. The van der Waals surface area contributed by atoms with Gasteiger partial charge in [0, 0.05) is 20.2 Å². The molecule has 1 aromatic carbocycles. The summed E-state index contributed by atoms with van der Waals surface area (Å²) >= 11 is 0. The molecular formula is C17H23N3O3. The van der Waals surface area contributed by atoms with Gasteiger partial charge < -0.3 is 19.3 Å². The number of aliphatic hydroxyl groups is 1. The molecule has 0 bridgehead atoms. The Morgan fingerprint density at radius 2 is 2.26 bits per heavy atom. The van der Waals surface area contributed by atoms with Gasteiger partial charge in [-0.25, -0.2) is 4.98 Å². The Balaban J connectivity index is 1.80. The summed E-state index contributed by atoms with van der Waals surface area (Å²) in [5.74, 6) is -0.270. The van der Waals surface area contributed by atoms with E-state index in [1.807, 2.05) is 30.6 Å². The first-order chi connectivity index (χ1) is 11.0. The number of ether oxygens (including phenoxy) is 1. The number of carbonyl (C=O) groups is 1. The van der Waals surface area contributed by atoms with Crippen molar-refractivity contribution in [1.82, 2.24) is 14.5 Å². The maximum absolute atomic E-state index is 12.6. The van der Waals surface area contributed by atoms with Crippen molar-refractivity contribution < 1.29 is 14.6 Å². The van der Waals surface area contributed by atoms with Crippen LogP contribution in [0.25, 0.3) is 11.0 Å². The molecule has 1 aromatic heterocycles. The van der Waals surface area contributed by atoms with Crippen LogP contribution < -0.4 is 0 Å². The van der Waals surface area contributed by atoms with Crippen molar-refractivity contribution in [3.8, 4) is 0 Å². The highest BCUT2D eigenvalue weighted by Gasteiger charge is 2.37. The molecule has 6 nitrogen and oxygen atoms in total. The van der Waals surface area contributed by atoms with E-state index in [2.05, 4.69) is 9.55 Å². The summed E-state index contributed by atoms with van der Waals surface area (Å²) in [5, 5.41) is 10.3. The molecule has 1 aliphatic rings. The average molecular weight is 317 g/mol. The molecule has 1 N–H and O–H groups in total. The minimum atomic E-state index is -1.48. The maximum Gasteiger partial charge on any atom is 0.256 e. The van der Waals surface area contributed by atoms with E-state index in [9.17, 15) is 9.90 Å². The Morgan fingerprint density at radius 1 is 1.48 bits per heavy atom. The van der Waals surface area contributed by atoms with Gasteiger partial charge in [0.1, 0.15) is 0 Å². The van der Waals surface area contributed by atoms with Crippen LogP contribution in [0.2, 0.25) is 0 Å². The molecule has 2 atom stereocenters. The minimum absolute atomic E-state index is 0.000998. The normalized spacial score (nSPS) is 21.3. The summed E-state index contributed by atoms with van der Waals surface area (Å²) in [7, 11) is 1.48. The summed E-state index contributed by atoms with van der Waals surface area (Å²) in [4.78, 5) is 18.7. The first-order valence-corrected chi connectivity index (χ1v) is 7.95. The Kier molecular flexibility index (Phi) is 4.37. The zero-order valence-electron chi connectivity index (χ0n) is 13.6. The molecular weight excluding hydrogens is 294 g/mol. The molecule has 0 radical (unpaired) electrons. The third kappa shape index (κ3) is 3.09. The number of hydrogen-bond donors (Lipinski definition) is 1. The number of aromatic nitrogens is 2. The fraction of sp³-hybridized carbons (Fsp3) is 0.529. The molecule has 2 aromatic rings. The number of para-hydroxylation sites is 2. The maximum atomic E-state index is 12.6. The zero-order chi connectivity index (χ0) is 16.4. The number of methoxy groups -OCH3 is 1. The summed E-state index contributed by atoms with van der Waals surface area (Å²) < 4.78 is 7.10. The standard InChI is InChI=1S/C17H23N3O3/c1-17(22,11-23-2)16(21)19-9-5-6-13(10-19)20-12-18-14-7-3-4-8-15(14)20/h3-4,7-8,12-13,22H,5-6,9-11H2,1-2H3/t13-,17+/m0/s1. The van der Waals surface area contributed by atoms with E-state index in [1.54, 1.807) is 4.90 Å². The number of hydrogen-bond acceptors (Lipinski definition) is 4. The van der Waals surface area contributed by atoms with Crippen LogP contribution in [0.15, 0.2) is 30.6 Å². The van der Waals surface area contributed by atoms with Gasteiger partial charge in [-0.1, -0.05) is 12.1 Å². The van der Waals surface area contributed by atoms with E-state index in [-0.39, 0.29) is 18.6 Å². The fourth-order valence-corrected chi connectivity index (χ4v) is 3.32. The van der Waals surface area contributed by atoms with Gasteiger partial charge in [-0.05, 0) is 31.9 Å². The van der Waals surface area contributed by atoms with Crippen LogP contribution in [0.1, 0.15) is 25.8 Å². The molecule has 124 valence electrons. The number of piperidine rings is 1. The number of likely N-dealkylation sites (tertiary alicyclic amines) is 1. The molecule has 1 fully saturated rings. The highest BCUT2D eigenvalue weighted by atomic mass is 16.5. The summed E-state index contributed by atoms with van der Waals surface area (Å²) in [6, 6.07) is 8.18. The Bertz CT molecular complexity index is 695. The summed E-state index contributed by atoms with van der Waals surface area (Å²) in [6.45, 7) is 2.76. The number of imidazole rings is 1. The lowest BCUT2D eigenvalue weighted by atomic mass is 10.0. The molecule has 1 saturated heterocycles. The molecule has 0 aliphatic carbocycles. The third-order valence-corrected chi connectivity index (χ3v) is 4.44. The highest BCUT2D eigenvalue weighted by Crippen LogP contribution is 2.27. The van der Waals surface area contributed by atoms with Crippen LogP contribution in [0.5, 0.6) is 0 Å². The lowest BCUT2D eigenvalue weighted by molar-refractivity contribution is -0.156. The van der Waals surface area contributed by atoms with Gasteiger partial charge in [0.2, 0.25) is 0 Å². The minimum Gasteiger partial charge on any atom is -0.381 e. The zero-order valence-corrected chi connectivity index (χ0v) is 13.6. The number of nitrogens with zero attached hydrogens (tertiary/aromatic N) is 3. The van der Waals surface area contributed by atoms with E-state index in [1.165, 1.54) is 14.0 Å². The van der Waals surface area contributed by atoms with Crippen LogP contribution in [-0.2, 0) is 9.53 Å². The van der Waals surface area contributed by atoms with Crippen LogP contribution in [-0.4, -0.2) is 57.9 Å². The van der Waals surface area contributed by atoms with Gasteiger partial charge >= 0.3 is 0 Å². The second kappa shape index (κ2) is 6.29. The third-order valence-electron chi connectivity index (χ3n) is 4.44. The SMILES string of the molecule is COC[C@@](C)(O)C(=O)N1CCC[C@H](n2cnc3ccccc32)C1. The topological polar surface area (TPSA) is 67.6 Å². The molecule has 2 heterocycles. The van der Waals surface area contributed by atoms with E-state index in [0.29, 0.717) is 13.1 Å². The number of carbonyl (C=O) groups excluding carboxylic acids is 1. The Labute approximate surface area is 135 Å².